The molecule has 1 aromatic carbocycles. The highest BCUT2D eigenvalue weighted by Crippen LogP contribution is 2.32. The maximum absolute atomic E-state index is 12.2. The lowest BCUT2D eigenvalue weighted by Crippen LogP contribution is -2.50. The van der Waals surface area contributed by atoms with Gasteiger partial charge in [0.2, 0.25) is 12.7 Å². The van der Waals surface area contributed by atoms with Crippen LogP contribution in [0.25, 0.3) is 0 Å². The van der Waals surface area contributed by atoms with Gasteiger partial charge in [0.15, 0.2) is 11.5 Å². The van der Waals surface area contributed by atoms with Crippen LogP contribution in [0.1, 0.15) is 19.4 Å². The highest BCUT2D eigenvalue weighted by molar-refractivity contribution is 5.78. The fourth-order valence-corrected chi connectivity index (χ4v) is 3.03. The first kappa shape index (κ1) is 17.0. The molecular formula is C18H27N3O3. The zero-order chi connectivity index (χ0) is 16.9. The number of hydrogen-bond donors (Lipinski definition) is 1. The van der Waals surface area contributed by atoms with Crippen molar-refractivity contribution in [2.45, 2.75) is 20.4 Å². The van der Waals surface area contributed by atoms with Gasteiger partial charge in [0.25, 0.3) is 0 Å². The average molecular weight is 333 g/mol. The predicted molar refractivity (Wildman–Crippen MR) is 92.1 cm³/mol. The number of fused-ring (bicyclic) bond motifs is 1. The van der Waals surface area contributed by atoms with E-state index >= 15 is 0 Å². The molecule has 0 saturated carbocycles. The molecule has 0 bridgehead atoms. The van der Waals surface area contributed by atoms with E-state index in [1.807, 2.05) is 11.0 Å². The fourth-order valence-electron chi connectivity index (χ4n) is 3.03. The molecule has 132 valence electrons. The maximum atomic E-state index is 12.2. The topological polar surface area (TPSA) is 54.0 Å². The molecule has 1 aromatic rings. The fraction of sp³-hybridized carbons (Fsp3) is 0.611. The van der Waals surface area contributed by atoms with Crippen LogP contribution >= 0.6 is 0 Å². The number of ether oxygens (including phenoxy) is 2. The summed E-state index contributed by atoms with van der Waals surface area (Å²) in [5.74, 6) is 2.43. The van der Waals surface area contributed by atoms with Crippen molar-refractivity contribution in [1.82, 2.24) is 15.1 Å². The van der Waals surface area contributed by atoms with Gasteiger partial charge in [-0.2, -0.15) is 0 Å². The van der Waals surface area contributed by atoms with Crippen molar-refractivity contribution < 1.29 is 14.3 Å². The Morgan fingerprint density at radius 1 is 1.17 bits per heavy atom. The molecule has 2 aliphatic heterocycles. The maximum Gasteiger partial charge on any atom is 0.236 e. The number of rotatable bonds is 6. The molecule has 6 heteroatoms. The lowest BCUT2D eigenvalue weighted by Gasteiger charge is -2.35. The van der Waals surface area contributed by atoms with Gasteiger partial charge in [-0.25, -0.2) is 0 Å². The first-order valence-corrected chi connectivity index (χ1v) is 8.71. The number of hydrogen-bond acceptors (Lipinski definition) is 5. The minimum Gasteiger partial charge on any atom is -0.454 e. The van der Waals surface area contributed by atoms with Crippen molar-refractivity contribution in [3.8, 4) is 11.5 Å². The van der Waals surface area contributed by atoms with E-state index < -0.39 is 0 Å². The van der Waals surface area contributed by atoms with Crippen molar-refractivity contribution >= 4 is 5.91 Å². The molecular weight excluding hydrogens is 306 g/mol. The summed E-state index contributed by atoms with van der Waals surface area (Å²) in [7, 11) is 0. The van der Waals surface area contributed by atoms with Crippen LogP contribution in [0.4, 0.5) is 0 Å². The molecule has 1 saturated heterocycles. The summed E-state index contributed by atoms with van der Waals surface area (Å²) >= 11 is 0. The van der Waals surface area contributed by atoms with Gasteiger partial charge < -0.3 is 19.7 Å². The van der Waals surface area contributed by atoms with Crippen molar-refractivity contribution in [2.24, 2.45) is 5.92 Å². The number of nitrogens with zero attached hydrogens (tertiary/aromatic N) is 2. The third-order valence-corrected chi connectivity index (χ3v) is 4.40. The molecule has 3 rings (SSSR count). The lowest BCUT2D eigenvalue weighted by molar-refractivity contribution is -0.132. The summed E-state index contributed by atoms with van der Waals surface area (Å²) < 4.78 is 10.8. The summed E-state index contributed by atoms with van der Waals surface area (Å²) in [5.41, 5.74) is 1.22. The van der Waals surface area contributed by atoms with Gasteiger partial charge in [-0.3, -0.25) is 9.69 Å². The van der Waals surface area contributed by atoms with E-state index in [1.54, 1.807) is 0 Å². The molecule has 0 atom stereocenters. The van der Waals surface area contributed by atoms with Crippen molar-refractivity contribution in [3.63, 3.8) is 0 Å². The van der Waals surface area contributed by atoms with Gasteiger partial charge in [0, 0.05) is 32.7 Å². The van der Waals surface area contributed by atoms with Crippen LogP contribution in [-0.4, -0.2) is 61.8 Å². The number of carbonyl (C=O) groups is 1. The van der Waals surface area contributed by atoms with E-state index in [0.29, 0.717) is 19.3 Å². The molecule has 0 aliphatic carbocycles. The Morgan fingerprint density at radius 2 is 1.92 bits per heavy atom. The standard InChI is InChI=1S/C18H27N3O3/c1-14(2)10-19-11-18(22)21-7-5-20(6-8-21)12-15-3-4-16-17(9-15)24-13-23-16/h3-4,9,14,19H,5-8,10-13H2,1-2H3. The smallest absolute Gasteiger partial charge is 0.236 e. The summed E-state index contributed by atoms with van der Waals surface area (Å²) in [6.45, 7) is 10.2. The second kappa shape index (κ2) is 7.85. The summed E-state index contributed by atoms with van der Waals surface area (Å²) in [5, 5.41) is 3.23. The third-order valence-electron chi connectivity index (χ3n) is 4.40. The first-order chi connectivity index (χ1) is 11.6. The zero-order valence-corrected chi connectivity index (χ0v) is 14.6. The van der Waals surface area contributed by atoms with Crippen LogP contribution in [0.3, 0.4) is 0 Å². The normalized spacial score (nSPS) is 17.5. The number of amides is 1. The molecule has 0 radical (unpaired) electrons. The second-order valence-electron chi connectivity index (χ2n) is 6.87. The average Bonchev–Trinajstić information content (AvgIpc) is 3.03. The van der Waals surface area contributed by atoms with Gasteiger partial charge in [-0.05, 0) is 30.2 Å². The Bertz CT molecular complexity index is 569. The second-order valence-corrected chi connectivity index (χ2v) is 6.87. The monoisotopic (exact) mass is 333 g/mol. The van der Waals surface area contributed by atoms with Gasteiger partial charge in [-0.1, -0.05) is 19.9 Å². The number of nitrogens with one attached hydrogen (secondary N) is 1. The molecule has 1 N–H and O–H groups in total. The summed E-state index contributed by atoms with van der Waals surface area (Å²) in [6, 6.07) is 6.11. The van der Waals surface area contributed by atoms with Crippen LogP contribution in [-0.2, 0) is 11.3 Å². The SMILES string of the molecule is CC(C)CNCC(=O)N1CCN(Cc2ccc3c(c2)OCO3)CC1. The largest absolute Gasteiger partial charge is 0.454 e. The highest BCUT2D eigenvalue weighted by Gasteiger charge is 2.21. The van der Waals surface area contributed by atoms with Crippen molar-refractivity contribution in [1.29, 1.82) is 0 Å². The van der Waals surface area contributed by atoms with E-state index in [2.05, 4.69) is 36.2 Å². The van der Waals surface area contributed by atoms with Gasteiger partial charge in [0.1, 0.15) is 0 Å². The molecule has 0 unspecified atom stereocenters. The molecule has 2 heterocycles. The number of carbonyl (C=O) groups excluding carboxylic acids is 1. The first-order valence-electron chi connectivity index (χ1n) is 8.71. The van der Waals surface area contributed by atoms with Crippen LogP contribution < -0.4 is 14.8 Å². The molecule has 0 spiro atoms. The van der Waals surface area contributed by atoms with E-state index in [9.17, 15) is 4.79 Å². The van der Waals surface area contributed by atoms with Crippen LogP contribution in [0.5, 0.6) is 11.5 Å². The van der Waals surface area contributed by atoms with Crippen molar-refractivity contribution in [2.75, 3.05) is 46.1 Å². The quantitative estimate of drug-likeness (QED) is 0.851. The van der Waals surface area contributed by atoms with Crippen LogP contribution in [0, 0.1) is 5.92 Å². The van der Waals surface area contributed by atoms with Gasteiger partial charge >= 0.3 is 0 Å². The Morgan fingerprint density at radius 3 is 2.67 bits per heavy atom. The Labute approximate surface area is 143 Å². The Kier molecular flexibility index (Phi) is 5.58. The zero-order valence-electron chi connectivity index (χ0n) is 14.6. The molecule has 1 amide bonds. The van der Waals surface area contributed by atoms with Gasteiger partial charge in [0.05, 0.1) is 6.54 Å². The molecule has 24 heavy (non-hydrogen) atoms. The van der Waals surface area contributed by atoms with E-state index in [4.69, 9.17) is 9.47 Å². The summed E-state index contributed by atoms with van der Waals surface area (Å²) in [6.07, 6.45) is 0. The minimum atomic E-state index is 0.207. The molecule has 2 aliphatic rings. The van der Waals surface area contributed by atoms with E-state index in [1.165, 1.54) is 5.56 Å². The van der Waals surface area contributed by atoms with E-state index in [-0.39, 0.29) is 5.91 Å². The lowest BCUT2D eigenvalue weighted by atomic mass is 10.1. The molecule has 1 fully saturated rings. The van der Waals surface area contributed by atoms with Crippen molar-refractivity contribution in [3.05, 3.63) is 23.8 Å². The Hall–Kier alpha value is -1.79. The van der Waals surface area contributed by atoms with Crippen LogP contribution in [0.15, 0.2) is 18.2 Å². The third kappa shape index (κ3) is 4.39. The number of benzene rings is 1. The molecule has 6 nitrogen and oxygen atoms in total. The van der Waals surface area contributed by atoms with E-state index in [0.717, 1.165) is 50.8 Å². The minimum absolute atomic E-state index is 0.207. The van der Waals surface area contributed by atoms with Gasteiger partial charge in [-0.15, -0.1) is 0 Å². The molecule has 0 aromatic heterocycles. The summed E-state index contributed by atoms with van der Waals surface area (Å²) in [4.78, 5) is 16.5. The number of piperazine rings is 1. The Balaban J connectivity index is 1.43. The van der Waals surface area contributed by atoms with Crippen LogP contribution in [0.2, 0.25) is 0 Å². The highest BCUT2D eigenvalue weighted by atomic mass is 16.7. The predicted octanol–water partition coefficient (Wildman–Crippen LogP) is 1.31.